The molecular formula is C13H17O9P. The molecule has 3 N–H and O–H groups in total. The largest absolute Gasteiger partial charge is 0.469 e. The van der Waals surface area contributed by atoms with Crippen LogP contribution in [-0.2, 0) is 23.3 Å². The summed E-state index contributed by atoms with van der Waals surface area (Å²) in [6, 6.07) is 6.48. The maximum atomic E-state index is 11.7. The number of benzene rings is 1. The number of aliphatic hydroxyl groups is 1. The number of ether oxygens (including phenoxy) is 3. The van der Waals surface area contributed by atoms with Gasteiger partial charge in [0, 0.05) is 0 Å². The molecule has 0 saturated carbocycles. The maximum absolute atomic E-state index is 11.7. The van der Waals surface area contributed by atoms with Crippen molar-refractivity contribution >= 4 is 13.8 Å². The normalized spacial score (nSPS) is 20.3. The van der Waals surface area contributed by atoms with Gasteiger partial charge in [-0.1, -0.05) is 12.1 Å². The van der Waals surface area contributed by atoms with Gasteiger partial charge in [-0.2, -0.15) is 0 Å². The third kappa shape index (κ3) is 6.00. The highest BCUT2D eigenvalue weighted by atomic mass is 31.2. The van der Waals surface area contributed by atoms with Gasteiger partial charge in [0.2, 0.25) is 0 Å². The number of hydrogen-bond donors (Lipinski definition) is 3. The van der Waals surface area contributed by atoms with Crippen LogP contribution in [0.1, 0.15) is 22.0 Å². The molecule has 0 bridgehead atoms. The molecule has 2 unspecified atom stereocenters. The van der Waals surface area contributed by atoms with E-state index in [0.29, 0.717) is 5.56 Å². The monoisotopic (exact) mass is 348 g/mol. The summed E-state index contributed by atoms with van der Waals surface area (Å²) in [7, 11) is -4.56. The van der Waals surface area contributed by atoms with Crippen LogP contribution in [0.2, 0.25) is 0 Å². The molecule has 1 saturated heterocycles. The predicted molar refractivity (Wildman–Crippen MR) is 75.4 cm³/mol. The highest BCUT2D eigenvalue weighted by Gasteiger charge is 2.41. The van der Waals surface area contributed by atoms with Crippen LogP contribution in [0.5, 0.6) is 0 Å². The lowest BCUT2D eigenvalue weighted by Crippen LogP contribution is -2.10. The van der Waals surface area contributed by atoms with Gasteiger partial charge in [0.25, 0.3) is 0 Å². The zero-order chi connectivity index (χ0) is 16.9. The number of rotatable bonds is 9. The van der Waals surface area contributed by atoms with Crippen molar-refractivity contribution in [1.82, 2.24) is 0 Å². The van der Waals surface area contributed by atoms with E-state index in [1.54, 1.807) is 24.3 Å². The molecule has 0 amide bonds. The van der Waals surface area contributed by atoms with E-state index in [4.69, 9.17) is 29.1 Å². The van der Waals surface area contributed by atoms with Crippen molar-refractivity contribution in [2.45, 2.75) is 12.4 Å². The summed E-state index contributed by atoms with van der Waals surface area (Å²) in [5.41, 5.74) is 1.12. The fraction of sp³-hybridized carbons (Fsp3) is 0.462. The summed E-state index contributed by atoms with van der Waals surface area (Å²) in [4.78, 5) is 28.7. The van der Waals surface area contributed by atoms with E-state index in [9.17, 15) is 9.36 Å². The minimum atomic E-state index is -4.56. The van der Waals surface area contributed by atoms with Crippen molar-refractivity contribution in [3.8, 4) is 0 Å². The Morgan fingerprint density at radius 2 is 1.87 bits per heavy atom. The van der Waals surface area contributed by atoms with Gasteiger partial charge in [0.1, 0.15) is 12.7 Å². The van der Waals surface area contributed by atoms with Gasteiger partial charge in [0.05, 0.1) is 25.4 Å². The average Bonchev–Trinajstić information content (AvgIpc) is 3.28. The molecule has 0 aliphatic carbocycles. The molecular weight excluding hydrogens is 331 g/mol. The number of carbonyl (C=O) groups excluding carboxylic acids is 1. The second kappa shape index (κ2) is 7.98. The molecule has 0 aromatic heterocycles. The summed E-state index contributed by atoms with van der Waals surface area (Å²) < 4.78 is 29.9. The van der Waals surface area contributed by atoms with Crippen LogP contribution in [0.15, 0.2) is 24.3 Å². The molecule has 1 aromatic carbocycles. The summed E-state index contributed by atoms with van der Waals surface area (Å²) in [5, 5.41) is 8.65. The molecule has 10 heteroatoms. The lowest BCUT2D eigenvalue weighted by Gasteiger charge is -2.07. The van der Waals surface area contributed by atoms with E-state index in [2.05, 4.69) is 4.52 Å². The van der Waals surface area contributed by atoms with Crippen molar-refractivity contribution in [2.75, 3.05) is 26.4 Å². The van der Waals surface area contributed by atoms with Crippen molar-refractivity contribution in [1.29, 1.82) is 0 Å². The Kier molecular flexibility index (Phi) is 6.25. The van der Waals surface area contributed by atoms with E-state index in [1.165, 1.54) is 0 Å². The minimum absolute atomic E-state index is 0.0803. The highest BCUT2D eigenvalue weighted by molar-refractivity contribution is 7.46. The Balaban J connectivity index is 1.76. The molecule has 1 aliphatic heterocycles. The second-order valence-electron chi connectivity index (χ2n) is 4.60. The fourth-order valence-electron chi connectivity index (χ4n) is 1.81. The smallest absolute Gasteiger partial charge is 0.460 e. The molecule has 2 rings (SSSR count). The SMILES string of the molecule is O=C(OCCOP(=O)(O)O)c1ccc(C2OC2OCCO)cc1. The second-order valence-corrected chi connectivity index (χ2v) is 5.84. The van der Waals surface area contributed by atoms with Crippen LogP contribution in [0.3, 0.4) is 0 Å². The topological polar surface area (TPSA) is 135 Å². The average molecular weight is 348 g/mol. The summed E-state index contributed by atoms with van der Waals surface area (Å²) in [6.07, 6.45) is -0.604. The molecule has 0 spiro atoms. The number of phosphoric acid groups is 1. The molecule has 0 radical (unpaired) electrons. The molecule has 1 aromatic rings. The molecule has 128 valence electrons. The summed E-state index contributed by atoms with van der Waals surface area (Å²) in [5.74, 6) is -0.629. The first kappa shape index (κ1) is 18.0. The molecule has 1 heterocycles. The zero-order valence-corrected chi connectivity index (χ0v) is 12.9. The Morgan fingerprint density at radius 1 is 1.17 bits per heavy atom. The van der Waals surface area contributed by atoms with E-state index in [-0.39, 0.29) is 32.2 Å². The molecule has 1 aliphatic rings. The molecule has 2 atom stereocenters. The molecule has 9 nitrogen and oxygen atoms in total. The first-order chi connectivity index (χ1) is 10.9. The van der Waals surface area contributed by atoms with E-state index >= 15 is 0 Å². The number of carbonyl (C=O) groups is 1. The quantitative estimate of drug-likeness (QED) is 0.250. The molecule has 23 heavy (non-hydrogen) atoms. The first-order valence-electron chi connectivity index (χ1n) is 6.76. The van der Waals surface area contributed by atoms with Crippen LogP contribution in [-0.4, -0.2) is 53.6 Å². The van der Waals surface area contributed by atoms with Crippen LogP contribution in [0, 0.1) is 0 Å². The highest BCUT2D eigenvalue weighted by Crippen LogP contribution is 2.39. The lowest BCUT2D eigenvalue weighted by atomic mass is 10.1. The van der Waals surface area contributed by atoms with Crippen LogP contribution in [0.4, 0.5) is 0 Å². The number of aliphatic hydroxyl groups excluding tert-OH is 1. The Bertz CT molecular complexity index is 567. The van der Waals surface area contributed by atoms with Gasteiger partial charge in [0.15, 0.2) is 6.29 Å². The third-order valence-electron chi connectivity index (χ3n) is 2.88. The number of epoxide rings is 1. The van der Waals surface area contributed by atoms with Crippen LogP contribution >= 0.6 is 7.82 Å². The maximum Gasteiger partial charge on any atom is 0.469 e. The number of phosphoric ester groups is 1. The van der Waals surface area contributed by atoms with Gasteiger partial charge in [-0.05, 0) is 17.7 Å². The van der Waals surface area contributed by atoms with Gasteiger partial charge in [-0.25, -0.2) is 9.36 Å². The predicted octanol–water partition coefficient (Wildman–Crippen LogP) is 0.359. The van der Waals surface area contributed by atoms with Gasteiger partial charge in [-0.3, -0.25) is 4.52 Å². The zero-order valence-electron chi connectivity index (χ0n) is 12.0. The number of hydrogen-bond acceptors (Lipinski definition) is 7. The summed E-state index contributed by atoms with van der Waals surface area (Å²) in [6.45, 7) is -0.548. The van der Waals surface area contributed by atoms with Gasteiger partial charge < -0.3 is 29.1 Å². The molecule has 1 fully saturated rings. The third-order valence-corrected chi connectivity index (χ3v) is 3.39. The Morgan fingerprint density at radius 3 is 2.48 bits per heavy atom. The van der Waals surface area contributed by atoms with E-state index in [0.717, 1.165) is 5.56 Å². The number of esters is 1. The van der Waals surface area contributed by atoms with Crippen LogP contribution in [0.25, 0.3) is 0 Å². The Labute approximate surface area is 132 Å². The Hall–Kier alpha value is -1.32. The standard InChI is InChI=1S/C13H17O9P/c14-5-6-20-13-11(22-13)9-1-3-10(4-2-9)12(15)19-7-8-21-23(16,17)18/h1-4,11,13-14H,5-8H2,(H2,16,17,18). The van der Waals surface area contributed by atoms with Gasteiger partial charge in [-0.15, -0.1) is 0 Å². The van der Waals surface area contributed by atoms with Crippen molar-refractivity contribution in [3.63, 3.8) is 0 Å². The van der Waals surface area contributed by atoms with E-state index in [1.807, 2.05) is 0 Å². The van der Waals surface area contributed by atoms with Crippen LogP contribution < -0.4 is 0 Å². The first-order valence-corrected chi connectivity index (χ1v) is 8.29. The fourth-order valence-corrected chi connectivity index (χ4v) is 2.13. The lowest BCUT2D eigenvalue weighted by molar-refractivity contribution is 0.0276. The van der Waals surface area contributed by atoms with Crippen molar-refractivity contribution in [3.05, 3.63) is 35.4 Å². The summed E-state index contributed by atoms with van der Waals surface area (Å²) >= 11 is 0. The van der Waals surface area contributed by atoms with Gasteiger partial charge >= 0.3 is 13.8 Å². The minimum Gasteiger partial charge on any atom is -0.460 e. The van der Waals surface area contributed by atoms with E-state index < -0.39 is 20.4 Å². The van der Waals surface area contributed by atoms with Crippen molar-refractivity contribution < 1.29 is 43.0 Å². The van der Waals surface area contributed by atoms with Crippen molar-refractivity contribution in [2.24, 2.45) is 0 Å².